The van der Waals surface area contributed by atoms with Crippen LogP contribution in [-0.4, -0.2) is 41.0 Å². The predicted octanol–water partition coefficient (Wildman–Crippen LogP) is 0.987. The summed E-state index contributed by atoms with van der Waals surface area (Å²) in [6, 6.07) is 5.03. The molecule has 19 heavy (non-hydrogen) atoms. The van der Waals surface area contributed by atoms with E-state index in [4.69, 9.17) is 5.73 Å². The summed E-state index contributed by atoms with van der Waals surface area (Å²) < 4.78 is 0.858. The monoisotopic (exact) mass is 374 g/mol. The lowest BCUT2D eigenvalue weighted by atomic mass is 10.0. The van der Waals surface area contributed by atoms with Crippen LogP contribution in [0.3, 0.4) is 0 Å². The Labute approximate surface area is 124 Å². The van der Waals surface area contributed by atoms with Crippen molar-refractivity contribution >= 4 is 34.4 Å². The number of likely N-dealkylation sites (tertiary alicyclic amines) is 1. The Kier molecular flexibility index (Phi) is 4.41. The molecular formula is C13H15IN2O3. The average Bonchev–Trinajstić information content (AvgIpc) is 2.38. The van der Waals surface area contributed by atoms with E-state index in [9.17, 15) is 14.7 Å². The number of nitrogens with zero attached hydrogens (tertiary/aromatic N) is 1. The normalized spacial score (nSPS) is 16.4. The minimum atomic E-state index is -0.598. The van der Waals surface area contributed by atoms with Gasteiger partial charge in [0.05, 0.1) is 17.2 Å². The molecule has 1 aromatic carbocycles. The molecule has 1 aromatic rings. The van der Waals surface area contributed by atoms with Gasteiger partial charge in [-0.15, -0.1) is 0 Å². The molecule has 0 saturated carbocycles. The van der Waals surface area contributed by atoms with Crippen molar-refractivity contribution in [1.82, 2.24) is 4.90 Å². The summed E-state index contributed by atoms with van der Waals surface area (Å²) in [5.74, 6) is -0.795. The molecule has 1 heterocycles. The Morgan fingerprint density at radius 1 is 1.26 bits per heavy atom. The smallest absolute Gasteiger partial charge is 0.254 e. The first-order valence-corrected chi connectivity index (χ1v) is 7.13. The second-order valence-electron chi connectivity index (χ2n) is 4.58. The van der Waals surface area contributed by atoms with Crippen LogP contribution < -0.4 is 5.73 Å². The maximum absolute atomic E-state index is 12.4. The molecule has 0 bridgehead atoms. The predicted molar refractivity (Wildman–Crippen MR) is 78.8 cm³/mol. The molecule has 1 aliphatic rings. The molecule has 2 amide bonds. The van der Waals surface area contributed by atoms with E-state index >= 15 is 0 Å². The van der Waals surface area contributed by atoms with Crippen molar-refractivity contribution in [3.63, 3.8) is 0 Å². The SMILES string of the molecule is NC(=O)c1cc(I)ccc1C(=O)N1CCC(O)CC1. The largest absolute Gasteiger partial charge is 0.393 e. The molecule has 1 fully saturated rings. The maximum Gasteiger partial charge on any atom is 0.254 e. The second kappa shape index (κ2) is 5.87. The highest BCUT2D eigenvalue weighted by atomic mass is 127. The van der Waals surface area contributed by atoms with Crippen molar-refractivity contribution in [3.05, 3.63) is 32.9 Å². The van der Waals surface area contributed by atoms with Crippen LogP contribution in [0, 0.1) is 3.57 Å². The Balaban J connectivity index is 2.26. The number of nitrogens with two attached hydrogens (primary N) is 1. The van der Waals surface area contributed by atoms with E-state index < -0.39 is 5.91 Å². The van der Waals surface area contributed by atoms with E-state index in [0.717, 1.165) is 3.57 Å². The van der Waals surface area contributed by atoms with E-state index in [-0.39, 0.29) is 17.6 Å². The summed E-state index contributed by atoms with van der Waals surface area (Å²) in [5, 5.41) is 9.45. The third-order valence-corrected chi connectivity index (χ3v) is 3.90. The Morgan fingerprint density at radius 2 is 1.89 bits per heavy atom. The maximum atomic E-state index is 12.4. The van der Waals surface area contributed by atoms with Crippen LogP contribution in [0.5, 0.6) is 0 Å². The third kappa shape index (κ3) is 3.24. The topological polar surface area (TPSA) is 83.6 Å². The van der Waals surface area contributed by atoms with Gasteiger partial charge in [-0.05, 0) is 53.6 Å². The molecule has 1 saturated heterocycles. The zero-order valence-electron chi connectivity index (χ0n) is 10.3. The second-order valence-corrected chi connectivity index (χ2v) is 5.82. The fourth-order valence-electron chi connectivity index (χ4n) is 2.15. The summed E-state index contributed by atoms with van der Waals surface area (Å²) in [6.45, 7) is 1.01. The molecule has 6 heteroatoms. The molecule has 0 spiro atoms. The van der Waals surface area contributed by atoms with Crippen LogP contribution >= 0.6 is 22.6 Å². The molecule has 0 aliphatic carbocycles. The minimum absolute atomic E-state index is 0.197. The van der Waals surface area contributed by atoms with E-state index in [1.54, 1.807) is 23.1 Å². The van der Waals surface area contributed by atoms with Gasteiger partial charge in [-0.2, -0.15) is 0 Å². The van der Waals surface area contributed by atoms with Crippen molar-refractivity contribution in [2.45, 2.75) is 18.9 Å². The number of amides is 2. The Morgan fingerprint density at radius 3 is 2.47 bits per heavy atom. The summed E-state index contributed by atoms with van der Waals surface area (Å²) in [6.07, 6.45) is 0.806. The quantitative estimate of drug-likeness (QED) is 0.758. The fraction of sp³-hybridized carbons (Fsp3) is 0.385. The van der Waals surface area contributed by atoms with Gasteiger partial charge in [0.1, 0.15) is 0 Å². The number of piperidine rings is 1. The van der Waals surface area contributed by atoms with Crippen LogP contribution in [0.1, 0.15) is 33.6 Å². The van der Waals surface area contributed by atoms with Gasteiger partial charge in [0.2, 0.25) is 5.91 Å². The van der Waals surface area contributed by atoms with E-state index in [1.807, 2.05) is 0 Å². The van der Waals surface area contributed by atoms with E-state index in [1.165, 1.54) is 0 Å². The molecular weight excluding hydrogens is 359 g/mol. The van der Waals surface area contributed by atoms with Crippen molar-refractivity contribution in [3.8, 4) is 0 Å². The zero-order valence-corrected chi connectivity index (χ0v) is 12.5. The number of hydrogen-bond donors (Lipinski definition) is 2. The minimum Gasteiger partial charge on any atom is -0.393 e. The van der Waals surface area contributed by atoms with E-state index in [2.05, 4.69) is 22.6 Å². The number of rotatable bonds is 2. The third-order valence-electron chi connectivity index (χ3n) is 3.23. The van der Waals surface area contributed by atoms with Gasteiger partial charge in [-0.1, -0.05) is 0 Å². The van der Waals surface area contributed by atoms with Gasteiger partial charge in [0.15, 0.2) is 0 Å². The first-order chi connectivity index (χ1) is 8.99. The van der Waals surface area contributed by atoms with Crippen molar-refractivity contribution < 1.29 is 14.7 Å². The molecule has 0 aromatic heterocycles. The fourth-order valence-corrected chi connectivity index (χ4v) is 2.64. The number of primary amides is 1. The molecule has 0 radical (unpaired) electrons. The lowest BCUT2D eigenvalue weighted by Gasteiger charge is -2.30. The Hall–Kier alpha value is -1.15. The van der Waals surface area contributed by atoms with Crippen LogP contribution in [-0.2, 0) is 0 Å². The zero-order chi connectivity index (χ0) is 14.0. The van der Waals surface area contributed by atoms with Crippen LogP contribution in [0.15, 0.2) is 18.2 Å². The number of carbonyl (C=O) groups excluding carboxylic acids is 2. The van der Waals surface area contributed by atoms with Crippen molar-refractivity contribution in [2.24, 2.45) is 5.73 Å². The molecule has 102 valence electrons. The van der Waals surface area contributed by atoms with Crippen LogP contribution in [0.4, 0.5) is 0 Å². The first-order valence-electron chi connectivity index (χ1n) is 6.05. The van der Waals surface area contributed by atoms with Gasteiger partial charge in [-0.25, -0.2) is 0 Å². The molecule has 0 atom stereocenters. The van der Waals surface area contributed by atoms with Crippen molar-refractivity contribution in [1.29, 1.82) is 0 Å². The number of aliphatic hydroxyl groups excluding tert-OH is 1. The van der Waals surface area contributed by atoms with Gasteiger partial charge >= 0.3 is 0 Å². The molecule has 5 nitrogen and oxygen atoms in total. The Bertz CT molecular complexity index is 511. The average molecular weight is 374 g/mol. The summed E-state index contributed by atoms with van der Waals surface area (Å²) in [5.41, 5.74) is 5.91. The van der Waals surface area contributed by atoms with Gasteiger partial charge in [0.25, 0.3) is 5.91 Å². The first kappa shape index (κ1) is 14.3. The number of halogens is 1. The highest BCUT2D eigenvalue weighted by molar-refractivity contribution is 14.1. The number of hydrogen-bond acceptors (Lipinski definition) is 3. The highest BCUT2D eigenvalue weighted by Crippen LogP contribution is 2.18. The van der Waals surface area contributed by atoms with E-state index in [0.29, 0.717) is 31.5 Å². The number of carbonyl (C=O) groups is 2. The lowest BCUT2D eigenvalue weighted by molar-refractivity contribution is 0.0544. The molecule has 0 unspecified atom stereocenters. The summed E-state index contributed by atoms with van der Waals surface area (Å²) in [7, 11) is 0. The summed E-state index contributed by atoms with van der Waals surface area (Å²) >= 11 is 2.07. The molecule has 3 N–H and O–H groups in total. The number of benzene rings is 1. The summed E-state index contributed by atoms with van der Waals surface area (Å²) in [4.78, 5) is 25.5. The standard InChI is InChI=1S/C13H15IN2O3/c14-8-1-2-10(11(7-8)12(15)18)13(19)16-5-3-9(17)4-6-16/h1-2,7,9,17H,3-6H2,(H2,15,18). The van der Waals surface area contributed by atoms with Gasteiger partial charge in [0, 0.05) is 16.7 Å². The van der Waals surface area contributed by atoms with Crippen molar-refractivity contribution in [2.75, 3.05) is 13.1 Å². The number of aliphatic hydroxyl groups is 1. The molecule has 2 rings (SSSR count). The lowest BCUT2D eigenvalue weighted by Crippen LogP contribution is -2.40. The van der Waals surface area contributed by atoms with Crippen LogP contribution in [0.2, 0.25) is 0 Å². The molecule has 1 aliphatic heterocycles. The van der Waals surface area contributed by atoms with Gasteiger partial charge < -0.3 is 15.7 Å². The van der Waals surface area contributed by atoms with Crippen LogP contribution in [0.25, 0.3) is 0 Å². The van der Waals surface area contributed by atoms with Gasteiger partial charge in [-0.3, -0.25) is 9.59 Å². The highest BCUT2D eigenvalue weighted by Gasteiger charge is 2.25.